The smallest absolute Gasteiger partial charge is 0.266 e. The fourth-order valence-electron chi connectivity index (χ4n) is 2.52. The second-order valence-electron chi connectivity index (χ2n) is 5.99. The van der Waals surface area contributed by atoms with Crippen LogP contribution in [-0.2, 0) is 0 Å². The normalized spacial score (nSPS) is 11.3. The molecule has 3 rings (SSSR count). The highest BCUT2D eigenvalue weighted by Gasteiger charge is 2.19. The molecule has 2 heterocycles. The van der Waals surface area contributed by atoms with Crippen LogP contribution in [0.2, 0.25) is 0 Å². The molecule has 9 nitrogen and oxygen atoms in total. The number of allylic oxidation sites excluding steroid dienone is 1. The first-order valence-corrected chi connectivity index (χ1v) is 9.88. The van der Waals surface area contributed by atoms with E-state index < -0.39 is 10.8 Å². The first-order valence-electron chi connectivity index (χ1n) is 8.24. The molecule has 0 spiro atoms. The van der Waals surface area contributed by atoms with Crippen molar-refractivity contribution >= 4 is 40.8 Å². The topological polar surface area (TPSA) is 128 Å². The Morgan fingerprint density at radius 2 is 2.07 bits per heavy atom. The van der Waals surface area contributed by atoms with E-state index in [1.54, 1.807) is 39.0 Å². The molecule has 0 atom stereocenters. The molecule has 0 unspecified atom stereocenters. The van der Waals surface area contributed by atoms with Crippen LogP contribution < -0.4 is 0 Å². The maximum absolute atomic E-state index is 12.6. The first kappa shape index (κ1) is 20.4. The lowest BCUT2D eigenvalue weighted by atomic mass is 10.1. The van der Waals surface area contributed by atoms with E-state index in [-0.39, 0.29) is 11.3 Å². The molecule has 0 aliphatic heterocycles. The minimum atomic E-state index is -0.594. The van der Waals surface area contributed by atoms with Crippen molar-refractivity contribution in [2.45, 2.75) is 30.0 Å². The predicted molar refractivity (Wildman–Crippen MR) is 108 cm³/mol. The molecule has 29 heavy (non-hydrogen) atoms. The number of benzene rings is 1. The fraction of sp³-hybridized carbons (Fsp3) is 0.167. The molecule has 1 aromatic carbocycles. The first-order chi connectivity index (χ1) is 13.8. The van der Waals surface area contributed by atoms with Gasteiger partial charge in [-0.3, -0.25) is 14.9 Å². The van der Waals surface area contributed by atoms with Crippen LogP contribution in [0.3, 0.4) is 0 Å². The van der Waals surface area contributed by atoms with Crippen molar-refractivity contribution in [3.8, 4) is 6.07 Å². The van der Waals surface area contributed by atoms with Crippen LogP contribution >= 0.6 is 23.1 Å². The molecule has 2 aromatic heterocycles. The van der Waals surface area contributed by atoms with Gasteiger partial charge in [0.2, 0.25) is 0 Å². The third kappa shape index (κ3) is 4.56. The monoisotopic (exact) mass is 426 g/mol. The van der Waals surface area contributed by atoms with Crippen molar-refractivity contribution in [1.82, 2.24) is 20.0 Å². The number of hydrogen-bond donors (Lipinski definition) is 0. The lowest BCUT2D eigenvalue weighted by Gasteiger charge is -2.04. The van der Waals surface area contributed by atoms with Gasteiger partial charge in [-0.05, 0) is 44.5 Å². The number of nitro benzene ring substituents is 1. The van der Waals surface area contributed by atoms with E-state index in [0.717, 1.165) is 21.5 Å². The molecule has 0 saturated heterocycles. The van der Waals surface area contributed by atoms with E-state index in [1.807, 2.05) is 6.07 Å². The fourth-order valence-corrected chi connectivity index (χ4v) is 4.38. The highest BCUT2D eigenvalue weighted by molar-refractivity contribution is 8.01. The number of nitro groups is 1. The number of rotatable bonds is 5. The molecular formula is C18H14N6O3S2. The Morgan fingerprint density at radius 3 is 2.62 bits per heavy atom. The van der Waals surface area contributed by atoms with Crippen molar-refractivity contribution in [3.63, 3.8) is 0 Å². The average molecular weight is 426 g/mol. The van der Waals surface area contributed by atoms with Gasteiger partial charge in [-0.25, -0.2) is 4.68 Å². The zero-order valence-corrected chi connectivity index (χ0v) is 17.2. The number of carbonyl (C=O) groups is 1. The van der Waals surface area contributed by atoms with Crippen molar-refractivity contribution < 1.29 is 9.72 Å². The molecule has 0 bridgehead atoms. The van der Waals surface area contributed by atoms with E-state index in [4.69, 9.17) is 0 Å². The van der Waals surface area contributed by atoms with Crippen molar-refractivity contribution in [2.24, 2.45) is 0 Å². The van der Waals surface area contributed by atoms with Gasteiger partial charge in [0.25, 0.3) is 11.6 Å². The van der Waals surface area contributed by atoms with Gasteiger partial charge in [0.05, 0.1) is 15.5 Å². The largest absolute Gasteiger partial charge is 0.289 e. The van der Waals surface area contributed by atoms with Crippen LogP contribution in [0.4, 0.5) is 5.69 Å². The molecule has 0 saturated carbocycles. The summed E-state index contributed by atoms with van der Waals surface area (Å²) in [5.74, 6) is -0.594. The summed E-state index contributed by atoms with van der Waals surface area (Å²) in [4.78, 5) is 24.0. The zero-order chi connectivity index (χ0) is 21.1. The van der Waals surface area contributed by atoms with Crippen molar-refractivity contribution in [1.29, 1.82) is 5.26 Å². The number of aromatic nitrogens is 4. The molecule has 0 amide bonds. The van der Waals surface area contributed by atoms with Gasteiger partial charge in [-0.2, -0.15) is 10.4 Å². The highest BCUT2D eigenvalue weighted by Crippen LogP contribution is 2.36. The quantitative estimate of drug-likeness (QED) is 0.259. The van der Waals surface area contributed by atoms with Crippen LogP contribution in [0.25, 0.3) is 6.08 Å². The van der Waals surface area contributed by atoms with Gasteiger partial charge < -0.3 is 0 Å². The van der Waals surface area contributed by atoms with Crippen LogP contribution in [0, 0.1) is 42.2 Å². The molecule has 11 heteroatoms. The third-order valence-corrected chi connectivity index (χ3v) is 5.70. The maximum atomic E-state index is 12.6. The minimum absolute atomic E-state index is 0.146. The van der Waals surface area contributed by atoms with E-state index >= 15 is 0 Å². The zero-order valence-electron chi connectivity index (χ0n) is 15.6. The molecule has 0 radical (unpaired) electrons. The SMILES string of the molecule is Cc1cc(C)n(C(=O)/C(C#N)=C/c2ccc(Sc3nnc(C)s3)c([N+](=O)[O-])c2)n1. The Bertz CT molecular complexity index is 1190. The molecular weight excluding hydrogens is 412 g/mol. The highest BCUT2D eigenvalue weighted by atomic mass is 32.2. The van der Waals surface area contributed by atoms with Gasteiger partial charge in [0.15, 0.2) is 4.34 Å². The minimum Gasteiger partial charge on any atom is -0.266 e. The van der Waals surface area contributed by atoms with Gasteiger partial charge in [-0.1, -0.05) is 29.2 Å². The molecule has 0 aliphatic carbocycles. The standard InChI is InChI=1S/C18H14N6O3S2/c1-10-6-11(2)23(22-10)17(25)14(9-19)7-13-4-5-16(15(8-13)24(26)27)29-18-21-20-12(3)28-18/h4-8H,1-3H3/b14-7+. The summed E-state index contributed by atoms with van der Waals surface area (Å²) >= 11 is 2.48. The van der Waals surface area contributed by atoms with Gasteiger partial charge in [0, 0.05) is 11.8 Å². The molecule has 0 N–H and O–H groups in total. The predicted octanol–water partition coefficient (Wildman–Crippen LogP) is 3.97. The van der Waals surface area contributed by atoms with Crippen molar-refractivity contribution in [2.75, 3.05) is 0 Å². The molecule has 146 valence electrons. The number of hydrogen-bond acceptors (Lipinski definition) is 9. The van der Waals surface area contributed by atoms with E-state index in [1.165, 1.54) is 23.5 Å². The van der Waals surface area contributed by atoms with Crippen LogP contribution in [0.15, 0.2) is 39.1 Å². The van der Waals surface area contributed by atoms with E-state index in [9.17, 15) is 20.2 Å². The Hall–Kier alpha value is -3.36. The summed E-state index contributed by atoms with van der Waals surface area (Å²) in [6.07, 6.45) is 1.31. The number of nitrogens with zero attached hydrogens (tertiary/aromatic N) is 6. The maximum Gasteiger partial charge on any atom is 0.289 e. The van der Waals surface area contributed by atoms with Crippen LogP contribution in [0.1, 0.15) is 26.8 Å². The summed E-state index contributed by atoms with van der Waals surface area (Å²) in [5.41, 5.74) is 1.29. The Morgan fingerprint density at radius 1 is 1.31 bits per heavy atom. The molecule has 0 aliphatic rings. The van der Waals surface area contributed by atoms with Crippen LogP contribution in [0.5, 0.6) is 0 Å². The Balaban J connectivity index is 1.96. The molecule has 0 fully saturated rings. The number of nitriles is 1. The van der Waals surface area contributed by atoms with Gasteiger partial charge in [-0.15, -0.1) is 10.2 Å². The lowest BCUT2D eigenvalue weighted by molar-refractivity contribution is -0.387. The number of aryl methyl sites for hydroxylation is 3. The number of carbonyl (C=O) groups excluding carboxylic acids is 1. The third-order valence-electron chi connectivity index (χ3n) is 3.75. The summed E-state index contributed by atoms with van der Waals surface area (Å²) in [6, 6.07) is 8.06. The summed E-state index contributed by atoms with van der Waals surface area (Å²) < 4.78 is 1.73. The summed E-state index contributed by atoms with van der Waals surface area (Å²) in [7, 11) is 0. The summed E-state index contributed by atoms with van der Waals surface area (Å²) in [6.45, 7) is 5.25. The Kier molecular flexibility index (Phi) is 5.86. The van der Waals surface area contributed by atoms with Crippen molar-refractivity contribution in [3.05, 3.63) is 61.9 Å². The second kappa shape index (κ2) is 8.34. The van der Waals surface area contributed by atoms with Crippen LogP contribution in [-0.4, -0.2) is 30.8 Å². The average Bonchev–Trinajstić information content (AvgIpc) is 3.24. The lowest BCUT2D eigenvalue weighted by Crippen LogP contribution is -2.15. The van der Waals surface area contributed by atoms with Gasteiger partial charge in [0.1, 0.15) is 16.6 Å². The summed E-state index contributed by atoms with van der Waals surface area (Å²) in [5, 5.41) is 33.6. The van der Waals surface area contributed by atoms with E-state index in [0.29, 0.717) is 26.2 Å². The Labute approximate surface area is 173 Å². The molecule has 3 aromatic rings. The van der Waals surface area contributed by atoms with Gasteiger partial charge >= 0.3 is 0 Å². The van der Waals surface area contributed by atoms with E-state index in [2.05, 4.69) is 15.3 Å². The second-order valence-corrected chi connectivity index (χ2v) is 8.46.